The lowest BCUT2D eigenvalue weighted by atomic mass is 10.2. The van der Waals surface area contributed by atoms with Gasteiger partial charge in [0.05, 0.1) is 31.9 Å². The highest BCUT2D eigenvalue weighted by Crippen LogP contribution is 2.18. The molecule has 0 saturated carbocycles. The minimum absolute atomic E-state index is 0.307. The maximum Gasteiger partial charge on any atom is 0.401 e. The average molecular weight is 251 g/mol. The molecule has 1 aromatic heterocycles. The van der Waals surface area contributed by atoms with Gasteiger partial charge in [0.2, 0.25) is 0 Å². The van der Waals surface area contributed by atoms with E-state index in [0.29, 0.717) is 5.69 Å². The predicted octanol–water partition coefficient (Wildman–Crippen LogP) is 0.786. The smallest absolute Gasteiger partial charge is 0.401 e. The number of hydrogen-bond donors (Lipinski definition) is 1. The third kappa shape index (κ3) is 3.74. The zero-order valence-corrected chi connectivity index (χ0v) is 9.28. The molecule has 1 atom stereocenters. The van der Waals surface area contributed by atoms with Crippen molar-refractivity contribution in [1.29, 1.82) is 0 Å². The van der Waals surface area contributed by atoms with E-state index in [2.05, 4.69) is 15.0 Å². The molecule has 1 unspecified atom stereocenters. The zero-order chi connectivity index (χ0) is 13.1. The normalized spacial score (nSPS) is 13.5. The van der Waals surface area contributed by atoms with Gasteiger partial charge in [0.15, 0.2) is 0 Å². The summed E-state index contributed by atoms with van der Waals surface area (Å²) in [5.74, 6) is -0.794. The van der Waals surface area contributed by atoms with E-state index in [1.54, 1.807) is 7.05 Å². The highest BCUT2D eigenvalue weighted by atomic mass is 19.4. The summed E-state index contributed by atoms with van der Waals surface area (Å²) in [4.78, 5) is 15.1. The summed E-state index contributed by atoms with van der Waals surface area (Å²) in [5, 5.41) is 2.09. The molecule has 0 bridgehead atoms. The second-order valence-corrected chi connectivity index (χ2v) is 3.38. The molecule has 0 fully saturated rings. The second-order valence-electron chi connectivity index (χ2n) is 3.38. The molecule has 0 aliphatic rings. The van der Waals surface area contributed by atoms with Gasteiger partial charge in [-0.1, -0.05) is 0 Å². The van der Waals surface area contributed by atoms with E-state index in [0.717, 1.165) is 7.11 Å². The van der Waals surface area contributed by atoms with Gasteiger partial charge in [0, 0.05) is 7.05 Å². The summed E-state index contributed by atoms with van der Waals surface area (Å²) in [5.41, 5.74) is 0.307. The fourth-order valence-corrected chi connectivity index (χ4v) is 1.29. The highest BCUT2D eigenvalue weighted by molar-refractivity contribution is 5.76. The van der Waals surface area contributed by atoms with Crippen LogP contribution in [0, 0.1) is 0 Å². The Labute approximate surface area is 95.6 Å². The number of imidazole rings is 1. The number of halogens is 3. The minimum atomic E-state index is -4.40. The first-order chi connectivity index (χ1) is 7.85. The third-order valence-electron chi connectivity index (χ3n) is 2.09. The van der Waals surface area contributed by atoms with E-state index >= 15 is 0 Å². The van der Waals surface area contributed by atoms with E-state index in [9.17, 15) is 18.0 Å². The molecule has 0 spiro atoms. The molecule has 1 aromatic rings. The molecule has 0 aromatic carbocycles. The molecule has 0 aliphatic heterocycles. The highest BCUT2D eigenvalue weighted by Gasteiger charge is 2.32. The number of esters is 1. The van der Waals surface area contributed by atoms with Crippen LogP contribution in [0.5, 0.6) is 0 Å². The number of carbonyl (C=O) groups excluding carboxylic acids is 1. The van der Waals surface area contributed by atoms with Gasteiger partial charge in [-0.15, -0.1) is 0 Å². The van der Waals surface area contributed by atoms with Gasteiger partial charge in [-0.25, -0.2) is 9.78 Å². The standard InChI is InChI=1S/C9H12F3N3O2/c1-15-5-13-3-6(15)7(8(16)17-2)14-4-9(10,11)12/h3,5,7,14H,4H2,1-2H3. The number of nitrogens with one attached hydrogen (secondary N) is 1. The van der Waals surface area contributed by atoms with Crippen LogP contribution in [0.15, 0.2) is 12.5 Å². The maximum atomic E-state index is 12.1. The van der Waals surface area contributed by atoms with Crippen molar-refractivity contribution in [3.8, 4) is 0 Å². The molecular formula is C9H12F3N3O2. The number of alkyl halides is 3. The first-order valence-corrected chi connectivity index (χ1v) is 4.69. The van der Waals surface area contributed by atoms with Crippen molar-refractivity contribution in [2.75, 3.05) is 13.7 Å². The Bertz CT molecular complexity index is 389. The second kappa shape index (κ2) is 5.17. The molecular weight excluding hydrogens is 239 g/mol. The monoisotopic (exact) mass is 251 g/mol. The Balaban J connectivity index is 2.83. The van der Waals surface area contributed by atoms with Crippen LogP contribution in [0.1, 0.15) is 11.7 Å². The molecule has 0 saturated heterocycles. The molecule has 1 rings (SSSR count). The van der Waals surface area contributed by atoms with Gasteiger partial charge in [-0.2, -0.15) is 13.2 Å². The number of hydrogen-bond acceptors (Lipinski definition) is 4. The summed E-state index contributed by atoms with van der Waals surface area (Å²) in [6.45, 7) is -1.28. The first kappa shape index (κ1) is 13.5. The average Bonchev–Trinajstić information content (AvgIpc) is 2.63. The van der Waals surface area contributed by atoms with Crippen LogP contribution in [-0.2, 0) is 16.6 Å². The molecule has 96 valence electrons. The largest absolute Gasteiger partial charge is 0.468 e. The molecule has 8 heteroatoms. The first-order valence-electron chi connectivity index (χ1n) is 4.69. The minimum Gasteiger partial charge on any atom is -0.468 e. The topological polar surface area (TPSA) is 56.1 Å². The van der Waals surface area contributed by atoms with Crippen LogP contribution in [-0.4, -0.2) is 35.4 Å². The van der Waals surface area contributed by atoms with Gasteiger partial charge >= 0.3 is 12.1 Å². The molecule has 0 aliphatic carbocycles. The van der Waals surface area contributed by atoms with Crippen LogP contribution in [0.3, 0.4) is 0 Å². The lowest BCUT2D eigenvalue weighted by molar-refractivity contribution is -0.147. The van der Waals surface area contributed by atoms with Gasteiger partial charge in [-0.3, -0.25) is 5.32 Å². The van der Waals surface area contributed by atoms with E-state index in [4.69, 9.17) is 0 Å². The Kier molecular flexibility index (Phi) is 4.11. The number of aromatic nitrogens is 2. The van der Waals surface area contributed by atoms with Crippen LogP contribution < -0.4 is 5.32 Å². The van der Waals surface area contributed by atoms with Crippen molar-refractivity contribution in [3.05, 3.63) is 18.2 Å². The predicted molar refractivity (Wildman–Crippen MR) is 52.0 cm³/mol. The van der Waals surface area contributed by atoms with E-state index in [-0.39, 0.29) is 0 Å². The van der Waals surface area contributed by atoms with Gasteiger partial charge in [0.1, 0.15) is 6.04 Å². The molecule has 5 nitrogen and oxygen atoms in total. The Hall–Kier alpha value is -1.57. The van der Waals surface area contributed by atoms with Gasteiger partial charge in [0.25, 0.3) is 0 Å². The molecule has 1 N–H and O–H groups in total. The summed E-state index contributed by atoms with van der Waals surface area (Å²) in [6.07, 6.45) is -1.70. The fourth-order valence-electron chi connectivity index (χ4n) is 1.29. The fraction of sp³-hybridized carbons (Fsp3) is 0.556. The van der Waals surface area contributed by atoms with Crippen molar-refractivity contribution in [3.63, 3.8) is 0 Å². The third-order valence-corrected chi connectivity index (χ3v) is 2.09. The number of nitrogens with zero attached hydrogens (tertiary/aromatic N) is 2. The van der Waals surface area contributed by atoms with Crippen molar-refractivity contribution in [2.24, 2.45) is 7.05 Å². The maximum absolute atomic E-state index is 12.1. The van der Waals surface area contributed by atoms with Crippen molar-refractivity contribution >= 4 is 5.97 Å². The Morgan fingerprint density at radius 2 is 2.29 bits per heavy atom. The lowest BCUT2D eigenvalue weighted by Crippen LogP contribution is -2.37. The Morgan fingerprint density at radius 3 is 2.71 bits per heavy atom. The van der Waals surface area contributed by atoms with Crippen molar-refractivity contribution in [2.45, 2.75) is 12.2 Å². The number of ether oxygens (including phenoxy) is 1. The number of carbonyl (C=O) groups is 1. The van der Waals surface area contributed by atoms with Crippen LogP contribution in [0.25, 0.3) is 0 Å². The molecule has 17 heavy (non-hydrogen) atoms. The quantitative estimate of drug-likeness (QED) is 0.804. The summed E-state index contributed by atoms with van der Waals surface area (Å²) >= 11 is 0. The molecule has 0 radical (unpaired) electrons. The molecule has 0 amide bonds. The van der Waals surface area contributed by atoms with Crippen LogP contribution in [0.2, 0.25) is 0 Å². The number of aryl methyl sites for hydroxylation is 1. The van der Waals surface area contributed by atoms with E-state index in [1.165, 1.54) is 17.1 Å². The van der Waals surface area contributed by atoms with Crippen LogP contribution in [0.4, 0.5) is 13.2 Å². The van der Waals surface area contributed by atoms with E-state index < -0.39 is 24.7 Å². The number of rotatable bonds is 4. The van der Waals surface area contributed by atoms with Crippen molar-refractivity contribution < 1.29 is 22.7 Å². The number of methoxy groups -OCH3 is 1. The van der Waals surface area contributed by atoms with Crippen molar-refractivity contribution in [1.82, 2.24) is 14.9 Å². The Morgan fingerprint density at radius 1 is 1.65 bits per heavy atom. The summed E-state index contributed by atoms with van der Waals surface area (Å²) in [7, 11) is 2.69. The van der Waals surface area contributed by atoms with Gasteiger partial charge < -0.3 is 9.30 Å². The molecule has 1 heterocycles. The van der Waals surface area contributed by atoms with Crippen LogP contribution >= 0.6 is 0 Å². The summed E-state index contributed by atoms with van der Waals surface area (Å²) in [6, 6.07) is -1.19. The SMILES string of the molecule is COC(=O)C(NCC(F)(F)F)c1cncn1C. The lowest BCUT2D eigenvalue weighted by Gasteiger charge is -2.17. The van der Waals surface area contributed by atoms with E-state index in [1.807, 2.05) is 0 Å². The van der Waals surface area contributed by atoms with Gasteiger partial charge in [-0.05, 0) is 0 Å². The summed E-state index contributed by atoms with van der Waals surface area (Å²) < 4.78 is 42.2. The zero-order valence-electron chi connectivity index (χ0n) is 9.28.